The Balaban J connectivity index is 1.72. The average Bonchev–Trinajstić information content (AvgIpc) is 2.98. The topological polar surface area (TPSA) is 19.9 Å². The van der Waals surface area contributed by atoms with Crippen LogP contribution in [0.15, 0.2) is 60.7 Å². The summed E-state index contributed by atoms with van der Waals surface area (Å²) in [7, 11) is 0. The second kappa shape index (κ2) is 5.71. The summed E-state index contributed by atoms with van der Waals surface area (Å²) in [5.41, 5.74) is 5.50. The van der Waals surface area contributed by atoms with Crippen LogP contribution < -0.4 is 10.2 Å². The first-order valence-corrected chi connectivity index (χ1v) is 8.53. The van der Waals surface area contributed by atoms with E-state index in [-0.39, 0.29) is 0 Å². The molecular weight excluding hydrogens is 280 g/mol. The smallest absolute Gasteiger partial charge is 0.143 e. The van der Waals surface area contributed by atoms with Gasteiger partial charge in [0, 0.05) is 29.9 Å². The normalized spacial score (nSPS) is 16.0. The van der Waals surface area contributed by atoms with Crippen molar-refractivity contribution in [1.29, 1.82) is 0 Å². The number of rotatable bonds is 4. The molecule has 0 radical (unpaired) electrons. The third kappa shape index (κ3) is 2.30. The maximum Gasteiger partial charge on any atom is 0.143 e. The Morgan fingerprint density at radius 2 is 1.57 bits per heavy atom. The van der Waals surface area contributed by atoms with Crippen molar-refractivity contribution in [3.63, 3.8) is 0 Å². The van der Waals surface area contributed by atoms with E-state index in [0.717, 1.165) is 13.1 Å². The summed E-state index contributed by atoms with van der Waals surface area (Å²) in [6, 6.07) is 22.7. The van der Waals surface area contributed by atoms with Crippen LogP contribution in [-0.2, 0) is 0 Å². The predicted molar refractivity (Wildman–Crippen MR) is 97.4 cm³/mol. The van der Waals surface area contributed by atoms with E-state index in [0.29, 0.717) is 6.04 Å². The Hall–Kier alpha value is -2.32. The molecule has 3 aromatic rings. The summed E-state index contributed by atoms with van der Waals surface area (Å²) in [6.07, 6.45) is 0. The van der Waals surface area contributed by atoms with Gasteiger partial charge in [0.15, 0.2) is 0 Å². The highest BCUT2D eigenvalue weighted by molar-refractivity contribution is 5.95. The van der Waals surface area contributed by atoms with Gasteiger partial charge in [0.25, 0.3) is 0 Å². The molecule has 0 amide bonds. The zero-order valence-corrected chi connectivity index (χ0v) is 13.8. The first-order chi connectivity index (χ1) is 11.3. The molecule has 1 aliphatic rings. The highest BCUT2D eigenvalue weighted by Gasteiger charge is 2.29. The van der Waals surface area contributed by atoms with E-state index in [1.807, 2.05) is 0 Å². The molecule has 0 aromatic heterocycles. The lowest BCUT2D eigenvalue weighted by molar-refractivity contribution is -0.600. The van der Waals surface area contributed by atoms with Gasteiger partial charge in [-0.15, -0.1) is 0 Å². The SMILES string of the molecule is CCN(CC)c1ccc(C2[NH2+]c3cccc4cccc2c34)cc1. The van der Waals surface area contributed by atoms with E-state index < -0.39 is 0 Å². The summed E-state index contributed by atoms with van der Waals surface area (Å²) in [5.74, 6) is 0. The van der Waals surface area contributed by atoms with Crippen molar-refractivity contribution in [2.45, 2.75) is 19.9 Å². The Morgan fingerprint density at radius 1 is 0.870 bits per heavy atom. The van der Waals surface area contributed by atoms with Gasteiger partial charge in [-0.05, 0) is 37.4 Å². The van der Waals surface area contributed by atoms with E-state index in [1.165, 1.54) is 33.3 Å². The molecule has 2 heteroatoms. The van der Waals surface area contributed by atoms with Gasteiger partial charge in [-0.3, -0.25) is 0 Å². The summed E-state index contributed by atoms with van der Waals surface area (Å²) >= 11 is 0. The largest absolute Gasteiger partial charge is 0.372 e. The zero-order chi connectivity index (χ0) is 15.8. The number of quaternary nitrogens is 1. The van der Waals surface area contributed by atoms with Crippen molar-refractivity contribution in [1.82, 2.24) is 0 Å². The fourth-order valence-corrected chi connectivity index (χ4v) is 3.82. The van der Waals surface area contributed by atoms with Crippen LogP contribution in [-0.4, -0.2) is 13.1 Å². The number of nitrogens with two attached hydrogens (primary N) is 1. The molecular formula is C21H23N2+. The van der Waals surface area contributed by atoms with Gasteiger partial charge in [0.1, 0.15) is 11.7 Å². The van der Waals surface area contributed by atoms with Gasteiger partial charge in [-0.1, -0.05) is 42.5 Å². The average molecular weight is 303 g/mol. The quantitative estimate of drug-likeness (QED) is 0.723. The number of anilines is 1. The van der Waals surface area contributed by atoms with E-state index in [9.17, 15) is 0 Å². The first kappa shape index (κ1) is 14.3. The van der Waals surface area contributed by atoms with Gasteiger partial charge >= 0.3 is 0 Å². The maximum atomic E-state index is 2.41. The summed E-state index contributed by atoms with van der Waals surface area (Å²) in [5, 5.41) is 5.18. The van der Waals surface area contributed by atoms with Crippen molar-refractivity contribution in [3.8, 4) is 0 Å². The van der Waals surface area contributed by atoms with Crippen LogP contribution in [0.5, 0.6) is 0 Å². The number of hydrogen-bond acceptors (Lipinski definition) is 1. The fraction of sp³-hybridized carbons (Fsp3) is 0.238. The standard InChI is InChI=1S/C21H22N2/c1-3-23(4-2)17-13-11-16(12-14-17)21-18-9-5-7-15-8-6-10-19(22-21)20(15)18/h5-14,21-22H,3-4H2,1-2H3/p+1. The van der Waals surface area contributed by atoms with Crippen molar-refractivity contribution in [3.05, 3.63) is 71.8 Å². The first-order valence-electron chi connectivity index (χ1n) is 8.53. The minimum absolute atomic E-state index is 0.377. The van der Waals surface area contributed by atoms with Crippen LogP contribution in [0.25, 0.3) is 10.8 Å². The van der Waals surface area contributed by atoms with Crippen molar-refractivity contribution < 1.29 is 5.32 Å². The van der Waals surface area contributed by atoms with Crippen LogP contribution >= 0.6 is 0 Å². The molecule has 1 aliphatic heterocycles. The van der Waals surface area contributed by atoms with E-state index in [2.05, 4.69) is 84.7 Å². The van der Waals surface area contributed by atoms with E-state index in [4.69, 9.17) is 0 Å². The molecule has 116 valence electrons. The molecule has 23 heavy (non-hydrogen) atoms. The maximum absolute atomic E-state index is 2.41. The molecule has 1 unspecified atom stereocenters. The Morgan fingerprint density at radius 3 is 2.26 bits per heavy atom. The van der Waals surface area contributed by atoms with Crippen LogP contribution in [0.4, 0.5) is 11.4 Å². The molecule has 0 saturated carbocycles. The highest BCUT2D eigenvalue weighted by atomic mass is 15.1. The Kier molecular flexibility index (Phi) is 3.55. The lowest BCUT2D eigenvalue weighted by Crippen LogP contribution is -2.77. The van der Waals surface area contributed by atoms with Crippen molar-refractivity contribution in [2.24, 2.45) is 0 Å². The number of hydrogen-bond donors (Lipinski definition) is 1. The Labute approximate surface area is 137 Å². The monoisotopic (exact) mass is 303 g/mol. The van der Waals surface area contributed by atoms with Crippen molar-refractivity contribution >= 4 is 22.1 Å². The second-order valence-electron chi connectivity index (χ2n) is 6.20. The van der Waals surface area contributed by atoms with Gasteiger partial charge in [0.2, 0.25) is 0 Å². The molecule has 3 aromatic carbocycles. The zero-order valence-electron chi connectivity index (χ0n) is 13.8. The summed E-state index contributed by atoms with van der Waals surface area (Å²) < 4.78 is 0. The van der Waals surface area contributed by atoms with E-state index in [1.54, 1.807) is 0 Å². The minimum Gasteiger partial charge on any atom is -0.372 e. The summed E-state index contributed by atoms with van der Waals surface area (Å²) in [4.78, 5) is 2.39. The molecule has 0 saturated heterocycles. The van der Waals surface area contributed by atoms with Gasteiger partial charge in [-0.2, -0.15) is 0 Å². The van der Waals surface area contributed by atoms with Crippen LogP contribution in [0, 0.1) is 0 Å². The number of benzene rings is 3. The third-order valence-electron chi connectivity index (χ3n) is 5.03. The van der Waals surface area contributed by atoms with E-state index >= 15 is 0 Å². The predicted octanol–water partition coefficient (Wildman–Crippen LogP) is 3.98. The molecule has 0 fully saturated rings. The highest BCUT2D eigenvalue weighted by Crippen LogP contribution is 2.35. The molecule has 1 heterocycles. The fourth-order valence-electron chi connectivity index (χ4n) is 3.82. The summed E-state index contributed by atoms with van der Waals surface area (Å²) in [6.45, 7) is 6.52. The lowest BCUT2D eigenvalue weighted by atomic mass is 9.97. The molecule has 4 rings (SSSR count). The molecule has 0 bridgehead atoms. The van der Waals surface area contributed by atoms with Crippen molar-refractivity contribution in [2.75, 3.05) is 18.0 Å². The second-order valence-corrected chi connectivity index (χ2v) is 6.20. The molecule has 0 spiro atoms. The third-order valence-corrected chi connectivity index (χ3v) is 5.03. The molecule has 1 atom stereocenters. The molecule has 0 aliphatic carbocycles. The lowest BCUT2D eigenvalue weighted by Gasteiger charge is -2.21. The van der Waals surface area contributed by atoms with Gasteiger partial charge in [0.05, 0.1) is 5.39 Å². The van der Waals surface area contributed by atoms with Gasteiger partial charge in [-0.25, -0.2) is 0 Å². The Bertz CT molecular complexity index is 827. The van der Waals surface area contributed by atoms with Crippen LogP contribution in [0.2, 0.25) is 0 Å². The van der Waals surface area contributed by atoms with Crippen LogP contribution in [0.1, 0.15) is 31.0 Å². The number of nitrogens with zero attached hydrogens (tertiary/aromatic N) is 1. The minimum atomic E-state index is 0.377. The molecule has 2 nitrogen and oxygen atoms in total. The molecule has 2 N–H and O–H groups in total. The van der Waals surface area contributed by atoms with Gasteiger partial charge < -0.3 is 10.2 Å². The van der Waals surface area contributed by atoms with Crippen LogP contribution in [0.3, 0.4) is 0 Å².